The van der Waals surface area contributed by atoms with E-state index in [1.54, 1.807) is 0 Å². The summed E-state index contributed by atoms with van der Waals surface area (Å²) in [6.45, 7) is 10.1. The summed E-state index contributed by atoms with van der Waals surface area (Å²) in [6, 6.07) is 2.20. The standard InChI is InChI=1S/C13H18N4OSe/c1-13(2,3)10-8-9-11(19-10)12(15-16-14-9)17-4-6-18-7-5-17/h8H,4-7H2,1-3H3. The Morgan fingerprint density at radius 3 is 2.63 bits per heavy atom. The molecule has 0 N–H and O–H groups in total. The Kier molecular flexibility index (Phi) is 3.33. The third-order valence-electron chi connectivity index (χ3n) is 3.26. The zero-order valence-corrected chi connectivity index (χ0v) is 13.2. The number of hydrogen-bond donors (Lipinski definition) is 0. The summed E-state index contributed by atoms with van der Waals surface area (Å²) in [5, 5.41) is 12.4. The van der Waals surface area contributed by atoms with Crippen molar-refractivity contribution >= 4 is 30.1 Å². The molecule has 0 radical (unpaired) electrons. The molecule has 3 heterocycles. The van der Waals surface area contributed by atoms with Crippen LogP contribution < -0.4 is 4.90 Å². The van der Waals surface area contributed by atoms with Gasteiger partial charge in [-0.1, -0.05) is 0 Å². The summed E-state index contributed by atoms with van der Waals surface area (Å²) in [7, 11) is 0. The van der Waals surface area contributed by atoms with E-state index in [1.165, 1.54) is 8.70 Å². The molecule has 0 spiro atoms. The third kappa shape index (κ3) is 2.53. The van der Waals surface area contributed by atoms with Crippen LogP contribution in [-0.4, -0.2) is 56.2 Å². The summed E-state index contributed by atoms with van der Waals surface area (Å²) in [5.41, 5.74) is 1.21. The van der Waals surface area contributed by atoms with Crippen molar-refractivity contribution < 1.29 is 4.74 Å². The van der Waals surface area contributed by atoms with Gasteiger partial charge in [-0.25, -0.2) is 0 Å². The summed E-state index contributed by atoms with van der Waals surface area (Å²) < 4.78 is 8.15. The van der Waals surface area contributed by atoms with E-state index in [0.29, 0.717) is 14.5 Å². The first-order valence-electron chi connectivity index (χ1n) is 6.52. The number of rotatable bonds is 1. The Morgan fingerprint density at radius 2 is 1.95 bits per heavy atom. The fourth-order valence-electron chi connectivity index (χ4n) is 2.13. The molecule has 0 unspecified atom stereocenters. The first-order valence-corrected chi connectivity index (χ1v) is 8.23. The second-order valence-corrected chi connectivity index (χ2v) is 8.00. The maximum atomic E-state index is 5.40. The molecule has 6 heteroatoms. The molecule has 1 aliphatic rings. The minimum absolute atomic E-state index is 0.197. The van der Waals surface area contributed by atoms with Crippen LogP contribution >= 0.6 is 0 Å². The van der Waals surface area contributed by atoms with Gasteiger partial charge in [-0.15, -0.1) is 0 Å². The van der Waals surface area contributed by atoms with Crippen molar-refractivity contribution in [3.63, 3.8) is 0 Å². The van der Waals surface area contributed by atoms with Crippen molar-refractivity contribution in [3.8, 4) is 0 Å². The van der Waals surface area contributed by atoms with Crippen LogP contribution in [0, 0.1) is 0 Å². The van der Waals surface area contributed by atoms with E-state index in [9.17, 15) is 0 Å². The van der Waals surface area contributed by atoms with Crippen molar-refractivity contribution in [1.29, 1.82) is 0 Å². The van der Waals surface area contributed by atoms with E-state index in [0.717, 1.165) is 37.6 Å². The molecule has 3 rings (SSSR count). The predicted molar refractivity (Wildman–Crippen MR) is 76.0 cm³/mol. The molecular weight excluding hydrogens is 307 g/mol. The Morgan fingerprint density at radius 1 is 1.21 bits per heavy atom. The van der Waals surface area contributed by atoms with Crippen LogP contribution in [0.3, 0.4) is 0 Å². The predicted octanol–water partition coefficient (Wildman–Crippen LogP) is 1.22. The number of morpholine rings is 1. The molecule has 0 amide bonds. The van der Waals surface area contributed by atoms with Crippen LogP contribution in [0.25, 0.3) is 9.78 Å². The van der Waals surface area contributed by atoms with Crippen LogP contribution in [0.4, 0.5) is 5.82 Å². The Hall–Kier alpha value is -0.971. The average Bonchev–Trinajstić information content (AvgIpc) is 2.83. The molecule has 19 heavy (non-hydrogen) atoms. The van der Waals surface area contributed by atoms with Gasteiger partial charge in [0.15, 0.2) is 0 Å². The van der Waals surface area contributed by atoms with Crippen LogP contribution in [0.2, 0.25) is 0 Å². The molecule has 1 saturated heterocycles. The van der Waals surface area contributed by atoms with E-state index >= 15 is 0 Å². The summed E-state index contributed by atoms with van der Waals surface area (Å²) in [4.78, 5) is 2.28. The van der Waals surface area contributed by atoms with Gasteiger partial charge < -0.3 is 0 Å². The van der Waals surface area contributed by atoms with Crippen LogP contribution in [0.1, 0.15) is 25.2 Å². The number of hydrogen-bond acceptors (Lipinski definition) is 5. The van der Waals surface area contributed by atoms with E-state index in [2.05, 4.69) is 47.1 Å². The zero-order valence-electron chi connectivity index (χ0n) is 11.5. The molecule has 2 aromatic heterocycles. The first kappa shape index (κ1) is 13.0. The first-order chi connectivity index (χ1) is 9.05. The molecule has 102 valence electrons. The van der Waals surface area contributed by atoms with E-state index in [-0.39, 0.29) is 5.41 Å². The van der Waals surface area contributed by atoms with Gasteiger partial charge in [0.2, 0.25) is 0 Å². The molecule has 0 aliphatic carbocycles. The summed E-state index contributed by atoms with van der Waals surface area (Å²) in [5.74, 6) is 1.02. The Balaban J connectivity index is 2.07. The number of fused-ring (bicyclic) bond motifs is 1. The second-order valence-electron chi connectivity index (χ2n) is 5.79. The van der Waals surface area contributed by atoms with Gasteiger partial charge in [-0.3, -0.25) is 0 Å². The fraction of sp³-hybridized carbons (Fsp3) is 0.615. The fourth-order valence-corrected chi connectivity index (χ4v) is 4.56. The van der Waals surface area contributed by atoms with Gasteiger partial charge >= 0.3 is 118 Å². The van der Waals surface area contributed by atoms with Crippen molar-refractivity contribution in [1.82, 2.24) is 15.4 Å². The van der Waals surface area contributed by atoms with Gasteiger partial charge in [-0.2, -0.15) is 0 Å². The number of nitrogens with zero attached hydrogens (tertiary/aromatic N) is 4. The van der Waals surface area contributed by atoms with E-state index < -0.39 is 0 Å². The average molecular weight is 325 g/mol. The van der Waals surface area contributed by atoms with Crippen LogP contribution in [0.15, 0.2) is 6.07 Å². The van der Waals surface area contributed by atoms with Gasteiger partial charge in [0.1, 0.15) is 0 Å². The number of aromatic nitrogens is 3. The molecular formula is C13H18N4OSe. The molecule has 2 aromatic rings. The molecule has 0 aromatic carbocycles. The van der Waals surface area contributed by atoms with Crippen molar-refractivity contribution in [2.24, 2.45) is 0 Å². The van der Waals surface area contributed by atoms with Gasteiger partial charge in [0.05, 0.1) is 0 Å². The normalized spacial score (nSPS) is 17.1. The number of anilines is 1. The zero-order chi connectivity index (χ0) is 13.5. The third-order valence-corrected chi connectivity index (χ3v) is 6.50. The minimum atomic E-state index is 0.197. The SMILES string of the molecule is CC(C)(C)c1cc2nnnc(N3CCOCC3)c2[se]1. The quantitative estimate of drug-likeness (QED) is 0.738. The molecule has 5 nitrogen and oxygen atoms in total. The number of ether oxygens (including phenoxy) is 1. The Bertz CT molecular complexity index is 584. The topological polar surface area (TPSA) is 51.1 Å². The van der Waals surface area contributed by atoms with Crippen LogP contribution in [-0.2, 0) is 10.2 Å². The van der Waals surface area contributed by atoms with E-state index in [1.807, 2.05) is 0 Å². The summed E-state index contributed by atoms with van der Waals surface area (Å²) in [6.07, 6.45) is 0. The summed E-state index contributed by atoms with van der Waals surface area (Å²) >= 11 is 0.310. The molecule has 0 saturated carbocycles. The molecule has 0 bridgehead atoms. The van der Waals surface area contributed by atoms with Gasteiger partial charge in [0, 0.05) is 0 Å². The Labute approximate surface area is 118 Å². The van der Waals surface area contributed by atoms with Gasteiger partial charge in [0.25, 0.3) is 0 Å². The van der Waals surface area contributed by atoms with Crippen molar-refractivity contribution in [2.45, 2.75) is 26.2 Å². The maximum absolute atomic E-state index is 5.40. The monoisotopic (exact) mass is 326 g/mol. The van der Waals surface area contributed by atoms with Crippen molar-refractivity contribution in [2.75, 3.05) is 31.2 Å². The van der Waals surface area contributed by atoms with E-state index in [4.69, 9.17) is 4.74 Å². The second kappa shape index (κ2) is 4.85. The molecule has 0 atom stereocenters. The van der Waals surface area contributed by atoms with Crippen molar-refractivity contribution in [3.05, 3.63) is 10.5 Å². The van der Waals surface area contributed by atoms with Gasteiger partial charge in [-0.05, 0) is 0 Å². The van der Waals surface area contributed by atoms with Crippen LogP contribution in [0.5, 0.6) is 0 Å². The molecule has 1 aliphatic heterocycles. The molecule has 1 fully saturated rings.